The summed E-state index contributed by atoms with van der Waals surface area (Å²) in [6.45, 7) is 2.30. The maximum atomic E-state index is 6.04. The Bertz CT molecular complexity index is 399. The molecule has 2 aliphatic heterocycles. The van der Waals surface area contributed by atoms with Gasteiger partial charge in [-0.1, -0.05) is 12.1 Å². The second-order valence-corrected chi connectivity index (χ2v) is 6.27. The Hall–Kier alpha value is -0.670. The zero-order chi connectivity index (χ0) is 11.7. The second kappa shape index (κ2) is 4.91. The van der Waals surface area contributed by atoms with Crippen molar-refractivity contribution in [3.05, 3.63) is 29.3 Å². The number of nitrogens with two attached hydrogens (primary N) is 1. The number of thioether (sulfide) groups is 1. The molecule has 1 aromatic carbocycles. The van der Waals surface area contributed by atoms with Gasteiger partial charge in [0, 0.05) is 24.8 Å². The molecule has 2 N–H and O–H groups in total. The van der Waals surface area contributed by atoms with Crippen LogP contribution in [0.5, 0.6) is 0 Å². The highest BCUT2D eigenvalue weighted by molar-refractivity contribution is 7.99. The van der Waals surface area contributed by atoms with Crippen LogP contribution in [0, 0.1) is 0 Å². The van der Waals surface area contributed by atoms with Gasteiger partial charge < -0.3 is 5.73 Å². The number of benzene rings is 1. The molecule has 1 saturated heterocycles. The molecule has 3 rings (SSSR count). The highest BCUT2D eigenvalue weighted by Crippen LogP contribution is 2.29. The van der Waals surface area contributed by atoms with Crippen molar-refractivity contribution in [1.82, 2.24) is 4.90 Å². The lowest BCUT2D eigenvalue weighted by Crippen LogP contribution is -2.41. The fraction of sp³-hybridized carbons (Fsp3) is 0.571. The highest BCUT2D eigenvalue weighted by Gasteiger charge is 2.25. The molecule has 0 bridgehead atoms. The molecule has 0 saturated carbocycles. The highest BCUT2D eigenvalue weighted by atomic mass is 32.2. The van der Waals surface area contributed by atoms with Crippen molar-refractivity contribution >= 4 is 17.4 Å². The normalized spacial score (nSPS) is 22.4. The van der Waals surface area contributed by atoms with Gasteiger partial charge in [0.1, 0.15) is 0 Å². The average Bonchev–Trinajstić information content (AvgIpc) is 2.40. The quantitative estimate of drug-likeness (QED) is 0.774. The summed E-state index contributed by atoms with van der Waals surface area (Å²) < 4.78 is 0. The molecule has 0 aliphatic carbocycles. The van der Waals surface area contributed by atoms with E-state index >= 15 is 0 Å². The van der Waals surface area contributed by atoms with E-state index in [1.54, 1.807) is 0 Å². The number of nitrogens with zero attached hydrogens (tertiary/aromatic N) is 1. The van der Waals surface area contributed by atoms with Crippen LogP contribution in [0.15, 0.2) is 18.2 Å². The minimum absolute atomic E-state index is 0.811. The van der Waals surface area contributed by atoms with Crippen molar-refractivity contribution in [3.8, 4) is 0 Å². The number of anilines is 1. The lowest BCUT2D eigenvalue weighted by atomic mass is 9.96. The molecule has 2 heterocycles. The zero-order valence-corrected chi connectivity index (χ0v) is 11.0. The Morgan fingerprint density at radius 1 is 1.24 bits per heavy atom. The molecular weight excluding hydrogens is 228 g/mol. The first-order valence-corrected chi connectivity index (χ1v) is 7.68. The van der Waals surface area contributed by atoms with Gasteiger partial charge >= 0.3 is 0 Å². The largest absolute Gasteiger partial charge is 0.398 e. The van der Waals surface area contributed by atoms with Crippen LogP contribution in [-0.2, 0) is 13.0 Å². The summed E-state index contributed by atoms with van der Waals surface area (Å²) in [6.07, 6.45) is 3.86. The Kier molecular flexibility index (Phi) is 3.30. The number of hydrogen-bond donors (Lipinski definition) is 1. The molecule has 0 atom stereocenters. The maximum absolute atomic E-state index is 6.04. The maximum Gasteiger partial charge on any atom is 0.0350 e. The SMILES string of the molecule is Nc1cccc2c1CCN(C1CCSCC1)C2. The molecule has 0 unspecified atom stereocenters. The number of fused-ring (bicyclic) bond motifs is 1. The van der Waals surface area contributed by atoms with Crippen LogP contribution in [0.2, 0.25) is 0 Å². The number of hydrogen-bond acceptors (Lipinski definition) is 3. The van der Waals surface area contributed by atoms with E-state index in [4.69, 9.17) is 5.73 Å². The number of nitrogen functional groups attached to an aromatic ring is 1. The van der Waals surface area contributed by atoms with Crippen molar-refractivity contribution in [2.24, 2.45) is 0 Å². The van der Waals surface area contributed by atoms with E-state index in [1.807, 2.05) is 6.07 Å². The first-order chi connectivity index (χ1) is 8.34. The van der Waals surface area contributed by atoms with Crippen LogP contribution < -0.4 is 5.73 Å². The first-order valence-electron chi connectivity index (χ1n) is 6.52. The molecule has 0 aromatic heterocycles. The van der Waals surface area contributed by atoms with Gasteiger partial charge in [-0.05, 0) is 48.0 Å². The molecule has 0 radical (unpaired) electrons. The molecule has 1 aromatic rings. The molecular formula is C14H20N2S. The lowest BCUT2D eigenvalue weighted by Gasteiger charge is -2.37. The summed E-state index contributed by atoms with van der Waals surface area (Å²) in [7, 11) is 0. The summed E-state index contributed by atoms with van der Waals surface area (Å²) in [5.74, 6) is 2.68. The molecule has 0 amide bonds. The summed E-state index contributed by atoms with van der Waals surface area (Å²) >= 11 is 2.10. The predicted octanol–water partition coefficient (Wildman–Crippen LogP) is 2.52. The van der Waals surface area contributed by atoms with Crippen LogP contribution in [0.25, 0.3) is 0 Å². The van der Waals surface area contributed by atoms with E-state index in [0.29, 0.717) is 0 Å². The Balaban J connectivity index is 1.76. The monoisotopic (exact) mass is 248 g/mol. The van der Waals surface area contributed by atoms with Crippen molar-refractivity contribution in [2.45, 2.75) is 31.8 Å². The van der Waals surface area contributed by atoms with E-state index in [0.717, 1.165) is 24.7 Å². The Morgan fingerprint density at radius 2 is 2.06 bits per heavy atom. The van der Waals surface area contributed by atoms with Crippen LogP contribution >= 0.6 is 11.8 Å². The summed E-state index contributed by atoms with van der Waals surface area (Å²) in [6, 6.07) is 7.18. The molecule has 17 heavy (non-hydrogen) atoms. The molecule has 2 nitrogen and oxygen atoms in total. The summed E-state index contributed by atoms with van der Waals surface area (Å²) in [5.41, 5.74) is 9.88. The van der Waals surface area contributed by atoms with Gasteiger partial charge in [0.15, 0.2) is 0 Å². The molecule has 3 heteroatoms. The predicted molar refractivity (Wildman–Crippen MR) is 75.3 cm³/mol. The van der Waals surface area contributed by atoms with E-state index in [1.165, 1.54) is 42.0 Å². The van der Waals surface area contributed by atoms with Gasteiger partial charge in [-0.15, -0.1) is 0 Å². The lowest BCUT2D eigenvalue weighted by molar-refractivity contribution is 0.169. The van der Waals surface area contributed by atoms with E-state index in [9.17, 15) is 0 Å². The van der Waals surface area contributed by atoms with Crippen LogP contribution in [-0.4, -0.2) is 29.0 Å². The van der Waals surface area contributed by atoms with Gasteiger partial charge in [-0.3, -0.25) is 4.90 Å². The minimum atomic E-state index is 0.811. The van der Waals surface area contributed by atoms with Gasteiger partial charge in [0.25, 0.3) is 0 Å². The third-order valence-electron chi connectivity index (χ3n) is 4.04. The van der Waals surface area contributed by atoms with Crippen molar-refractivity contribution in [1.29, 1.82) is 0 Å². The summed E-state index contributed by atoms with van der Waals surface area (Å²) in [4.78, 5) is 2.67. The van der Waals surface area contributed by atoms with Crippen molar-refractivity contribution in [2.75, 3.05) is 23.8 Å². The smallest absolute Gasteiger partial charge is 0.0350 e. The van der Waals surface area contributed by atoms with Gasteiger partial charge in [0.2, 0.25) is 0 Å². The second-order valence-electron chi connectivity index (χ2n) is 5.05. The topological polar surface area (TPSA) is 29.3 Å². The number of rotatable bonds is 1. The Labute approximate surface area is 108 Å². The third-order valence-corrected chi connectivity index (χ3v) is 5.09. The third kappa shape index (κ3) is 2.31. The zero-order valence-electron chi connectivity index (χ0n) is 10.2. The van der Waals surface area contributed by atoms with Crippen LogP contribution in [0.1, 0.15) is 24.0 Å². The summed E-state index contributed by atoms with van der Waals surface area (Å²) in [5, 5.41) is 0. The standard InChI is InChI=1S/C14H20N2S/c15-14-3-1-2-11-10-16(7-4-13(11)14)12-5-8-17-9-6-12/h1-3,12H,4-10,15H2. The average molecular weight is 248 g/mol. The Morgan fingerprint density at radius 3 is 2.88 bits per heavy atom. The minimum Gasteiger partial charge on any atom is -0.398 e. The van der Waals surface area contributed by atoms with Gasteiger partial charge in [0.05, 0.1) is 0 Å². The molecule has 92 valence electrons. The van der Waals surface area contributed by atoms with Crippen molar-refractivity contribution < 1.29 is 0 Å². The molecule has 0 spiro atoms. The van der Waals surface area contributed by atoms with Gasteiger partial charge in [-0.25, -0.2) is 0 Å². The van der Waals surface area contributed by atoms with E-state index < -0.39 is 0 Å². The van der Waals surface area contributed by atoms with Crippen LogP contribution in [0.3, 0.4) is 0 Å². The van der Waals surface area contributed by atoms with Crippen LogP contribution in [0.4, 0.5) is 5.69 Å². The van der Waals surface area contributed by atoms with E-state index in [-0.39, 0.29) is 0 Å². The van der Waals surface area contributed by atoms with E-state index in [2.05, 4.69) is 28.8 Å². The van der Waals surface area contributed by atoms with Gasteiger partial charge in [-0.2, -0.15) is 11.8 Å². The fourth-order valence-electron chi connectivity index (χ4n) is 3.02. The first kappa shape index (κ1) is 11.4. The molecule has 1 fully saturated rings. The molecule has 2 aliphatic rings. The van der Waals surface area contributed by atoms with Crippen molar-refractivity contribution in [3.63, 3.8) is 0 Å². The fourth-order valence-corrected chi connectivity index (χ4v) is 4.10.